The first kappa shape index (κ1) is 18.1. The van der Waals surface area contributed by atoms with E-state index in [1.807, 2.05) is 66.4 Å². The summed E-state index contributed by atoms with van der Waals surface area (Å²) < 4.78 is 17.3. The molecule has 0 saturated carbocycles. The van der Waals surface area contributed by atoms with Gasteiger partial charge in [0.15, 0.2) is 18.1 Å². The van der Waals surface area contributed by atoms with Gasteiger partial charge in [-0.1, -0.05) is 30.3 Å². The van der Waals surface area contributed by atoms with E-state index in [9.17, 15) is 4.79 Å². The number of para-hydroxylation sites is 3. The Morgan fingerprint density at radius 1 is 0.962 bits per heavy atom. The predicted octanol–water partition coefficient (Wildman–Crippen LogP) is 3.53. The lowest BCUT2D eigenvalue weighted by molar-refractivity contribution is -0.135. The molecule has 5 nitrogen and oxygen atoms in total. The lowest BCUT2D eigenvalue weighted by Gasteiger charge is -2.32. The highest BCUT2D eigenvalue weighted by molar-refractivity contribution is 5.77. The minimum atomic E-state index is 0.0158. The standard InChI is InChI=1S/C21H25NO4/c1-2-24-19-10-6-7-11-20(19)26-18-12-14-22(15-13-18)21(23)16-25-17-8-4-3-5-9-17/h3-11,18H,2,12-16H2,1H3. The second-order valence-electron chi connectivity index (χ2n) is 6.18. The Labute approximate surface area is 154 Å². The lowest BCUT2D eigenvalue weighted by Crippen LogP contribution is -2.43. The van der Waals surface area contributed by atoms with Crippen molar-refractivity contribution in [1.29, 1.82) is 0 Å². The Balaban J connectivity index is 1.46. The predicted molar refractivity (Wildman–Crippen MR) is 99.8 cm³/mol. The van der Waals surface area contributed by atoms with Crippen molar-refractivity contribution in [1.82, 2.24) is 4.90 Å². The largest absolute Gasteiger partial charge is 0.490 e. The van der Waals surface area contributed by atoms with Gasteiger partial charge in [0.1, 0.15) is 11.9 Å². The molecule has 2 aromatic rings. The molecule has 1 amide bonds. The van der Waals surface area contributed by atoms with Crippen LogP contribution in [-0.2, 0) is 4.79 Å². The van der Waals surface area contributed by atoms with Crippen LogP contribution < -0.4 is 14.2 Å². The van der Waals surface area contributed by atoms with Crippen LogP contribution in [0.15, 0.2) is 54.6 Å². The van der Waals surface area contributed by atoms with E-state index >= 15 is 0 Å². The summed E-state index contributed by atoms with van der Waals surface area (Å²) in [4.78, 5) is 14.2. The molecule has 1 heterocycles. The van der Waals surface area contributed by atoms with Gasteiger partial charge >= 0.3 is 0 Å². The summed E-state index contributed by atoms with van der Waals surface area (Å²) >= 11 is 0. The van der Waals surface area contributed by atoms with Crippen molar-refractivity contribution in [2.45, 2.75) is 25.9 Å². The van der Waals surface area contributed by atoms with Crippen LogP contribution in [0.25, 0.3) is 0 Å². The van der Waals surface area contributed by atoms with Crippen LogP contribution in [-0.4, -0.2) is 43.2 Å². The van der Waals surface area contributed by atoms with Gasteiger partial charge in [-0.15, -0.1) is 0 Å². The summed E-state index contributed by atoms with van der Waals surface area (Å²) in [6.07, 6.45) is 1.70. The Morgan fingerprint density at radius 2 is 1.62 bits per heavy atom. The molecule has 0 radical (unpaired) electrons. The number of ether oxygens (including phenoxy) is 3. The zero-order valence-corrected chi connectivity index (χ0v) is 15.1. The van der Waals surface area contributed by atoms with Gasteiger partial charge in [0.2, 0.25) is 0 Å². The van der Waals surface area contributed by atoms with Crippen molar-refractivity contribution >= 4 is 5.91 Å². The smallest absolute Gasteiger partial charge is 0.260 e. The van der Waals surface area contributed by atoms with Crippen molar-refractivity contribution in [2.24, 2.45) is 0 Å². The monoisotopic (exact) mass is 355 g/mol. The Morgan fingerprint density at radius 3 is 2.31 bits per heavy atom. The molecule has 0 atom stereocenters. The van der Waals surface area contributed by atoms with E-state index in [1.165, 1.54) is 0 Å². The van der Waals surface area contributed by atoms with E-state index in [0.717, 1.165) is 24.3 Å². The number of benzene rings is 2. The Hall–Kier alpha value is -2.69. The number of hydrogen-bond acceptors (Lipinski definition) is 4. The van der Waals surface area contributed by atoms with Gasteiger partial charge in [0, 0.05) is 25.9 Å². The molecule has 1 fully saturated rings. The fraction of sp³-hybridized carbons (Fsp3) is 0.381. The molecular weight excluding hydrogens is 330 g/mol. The van der Waals surface area contributed by atoms with Crippen molar-refractivity contribution in [3.63, 3.8) is 0 Å². The fourth-order valence-corrected chi connectivity index (χ4v) is 2.98. The van der Waals surface area contributed by atoms with Crippen molar-refractivity contribution in [2.75, 3.05) is 26.3 Å². The number of carbonyl (C=O) groups is 1. The zero-order valence-electron chi connectivity index (χ0n) is 15.1. The van der Waals surface area contributed by atoms with E-state index in [0.29, 0.717) is 25.4 Å². The topological polar surface area (TPSA) is 48.0 Å². The molecule has 2 aromatic carbocycles. The third kappa shape index (κ3) is 4.91. The molecule has 0 aromatic heterocycles. The average molecular weight is 355 g/mol. The first-order valence-corrected chi connectivity index (χ1v) is 9.10. The van der Waals surface area contributed by atoms with Crippen LogP contribution in [0.2, 0.25) is 0 Å². The summed E-state index contributed by atoms with van der Waals surface area (Å²) in [6.45, 7) is 3.99. The molecule has 3 rings (SSSR count). The minimum absolute atomic E-state index is 0.0158. The van der Waals surface area contributed by atoms with Crippen molar-refractivity contribution in [3.05, 3.63) is 54.6 Å². The van der Waals surface area contributed by atoms with E-state index in [2.05, 4.69) is 0 Å². The molecule has 1 aliphatic heterocycles. The number of likely N-dealkylation sites (tertiary alicyclic amines) is 1. The molecule has 0 unspecified atom stereocenters. The summed E-state index contributed by atoms with van der Waals surface area (Å²) in [5.41, 5.74) is 0. The zero-order chi connectivity index (χ0) is 18.2. The Bertz CT molecular complexity index is 696. The molecule has 1 aliphatic rings. The first-order chi connectivity index (χ1) is 12.8. The van der Waals surface area contributed by atoms with Gasteiger partial charge < -0.3 is 19.1 Å². The average Bonchev–Trinajstić information content (AvgIpc) is 2.69. The maximum Gasteiger partial charge on any atom is 0.260 e. The molecule has 0 N–H and O–H groups in total. The van der Waals surface area contributed by atoms with Gasteiger partial charge in [-0.3, -0.25) is 4.79 Å². The molecule has 0 spiro atoms. The minimum Gasteiger partial charge on any atom is -0.490 e. The number of piperidine rings is 1. The van der Waals surface area contributed by atoms with Crippen LogP contribution in [0.4, 0.5) is 0 Å². The molecule has 1 saturated heterocycles. The lowest BCUT2D eigenvalue weighted by atomic mass is 10.1. The van der Waals surface area contributed by atoms with Gasteiger partial charge in [0.25, 0.3) is 5.91 Å². The highest BCUT2D eigenvalue weighted by Gasteiger charge is 2.24. The second-order valence-corrected chi connectivity index (χ2v) is 6.18. The fourth-order valence-electron chi connectivity index (χ4n) is 2.98. The summed E-state index contributed by atoms with van der Waals surface area (Å²) in [7, 11) is 0. The number of hydrogen-bond donors (Lipinski definition) is 0. The molecule has 5 heteroatoms. The highest BCUT2D eigenvalue weighted by atomic mass is 16.5. The molecule has 0 aliphatic carbocycles. The highest BCUT2D eigenvalue weighted by Crippen LogP contribution is 2.29. The number of carbonyl (C=O) groups excluding carboxylic acids is 1. The first-order valence-electron chi connectivity index (χ1n) is 9.10. The summed E-state index contributed by atoms with van der Waals surface area (Å²) in [5.74, 6) is 2.27. The van der Waals surface area contributed by atoms with E-state index in [1.54, 1.807) is 0 Å². The van der Waals surface area contributed by atoms with Crippen LogP contribution >= 0.6 is 0 Å². The quantitative estimate of drug-likeness (QED) is 0.762. The third-order valence-electron chi connectivity index (χ3n) is 4.34. The normalized spacial score (nSPS) is 14.7. The number of amides is 1. The van der Waals surface area contributed by atoms with Gasteiger partial charge in [0.05, 0.1) is 6.61 Å². The van der Waals surface area contributed by atoms with Crippen LogP contribution in [0.3, 0.4) is 0 Å². The maximum atomic E-state index is 12.3. The van der Waals surface area contributed by atoms with E-state index in [4.69, 9.17) is 14.2 Å². The van der Waals surface area contributed by atoms with Gasteiger partial charge in [-0.2, -0.15) is 0 Å². The molecular formula is C21H25NO4. The summed E-state index contributed by atoms with van der Waals surface area (Å²) in [5, 5.41) is 0. The Kier molecular flexibility index (Phi) is 6.36. The summed E-state index contributed by atoms with van der Waals surface area (Å²) in [6, 6.07) is 17.1. The van der Waals surface area contributed by atoms with Crippen LogP contribution in [0.5, 0.6) is 17.2 Å². The maximum absolute atomic E-state index is 12.3. The molecule has 26 heavy (non-hydrogen) atoms. The third-order valence-corrected chi connectivity index (χ3v) is 4.34. The molecule has 138 valence electrons. The number of rotatable bonds is 7. The van der Waals surface area contributed by atoms with E-state index in [-0.39, 0.29) is 18.6 Å². The van der Waals surface area contributed by atoms with Gasteiger partial charge in [-0.25, -0.2) is 0 Å². The van der Waals surface area contributed by atoms with Crippen LogP contribution in [0, 0.1) is 0 Å². The number of nitrogens with zero attached hydrogens (tertiary/aromatic N) is 1. The molecule has 0 bridgehead atoms. The SMILES string of the molecule is CCOc1ccccc1OC1CCN(C(=O)COc2ccccc2)CC1. The van der Waals surface area contributed by atoms with Crippen LogP contribution in [0.1, 0.15) is 19.8 Å². The second kappa shape index (κ2) is 9.13. The van der Waals surface area contributed by atoms with E-state index < -0.39 is 0 Å². The van der Waals surface area contributed by atoms with Gasteiger partial charge in [-0.05, 0) is 31.2 Å². The van der Waals surface area contributed by atoms with Crippen molar-refractivity contribution < 1.29 is 19.0 Å². The van der Waals surface area contributed by atoms with Crippen molar-refractivity contribution in [3.8, 4) is 17.2 Å².